The molecule has 6 nitrogen and oxygen atoms in total. The maximum absolute atomic E-state index is 12.5. The Morgan fingerprint density at radius 3 is 1.42 bits per heavy atom. The molecule has 2 aromatic rings. The van der Waals surface area contributed by atoms with Gasteiger partial charge in [0.2, 0.25) is 0 Å². The van der Waals surface area contributed by atoms with Gasteiger partial charge in [0.05, 0.1) is 10.8 Å². The summed E-state index contributed by atoms with van der Waals surface area (Å²) < 4.78 is 11.0. The second-order valence-electron chi connectivity index (χ2n) is 10.3. The lowest BCUT2D eigenvalue weighted by atomic mass is 9.88. The summed E-state index contributed by atoms with van der Waals surface area (Å²) in [6.07, 6.45) is 2.95. The zero-order valence-electron chi connectivity index (χ0n) is 22.0. The van der Waals surface area contributed by atoms with Crippen LogP contribution in [0, 0.1) is 10.8 Å². The summed E-state index contributed by atoms with van der Waals surface area (Å²) in [6.45, 7) is 9.53. The van der Waals surface area contributed by atoms with E-state index < -0.39 is 10.8 Å². The molecule has 0 fully saturated rings. The van der Waals surface area contributed by atoms with Crippen LogP contribution in [0.15, 0.2) is 60.7 Å². The number of ether oxygens (including phenoxy) is 2. The summed E-state index contributed by atoms with van der Waals surface area (Å²) in [7, 11) is 0. The van der Waals surface area contributed by atoms with E-state index in [0.29, 0.717) is 31.0 Å². The van der Waals surface area contributed by atoms with Gasteiger partial charge in [0.15, 0.2) is 5.11 Å². The minimum atomic E-state index is -0.563. The summed E-state index contributed by atoms with van der Waals surface area (Å²) >= 11 is 5.36. The van der Waals surface area contributed by atoms with Crippen molar-refractivity contribution in [3.8, 4) is 0 Å². The van der Waals surface area contributed by atoms with Crippen LogP contribution in [0.2, 0.25) is 0 Å². The zero-order chi connectivity index (χ0) is 26.4. The monoisotopic (exact) mass is 512 g/mol. The molecule has 7 heteroatoms. The van der Waals surface area contributed by atoms with Crippen molar-refractivity contribution < 1.29 is 19.1 Å². The SMILES string of the molecule is CC(C)(CCCNC(=S)NCCCC(C)(C)C(=O)OCc1ccccc1)C(=O)OCc1ccccc1. The van der Waals surface area contributed by atoms with Gasteiger partial charge in [-0.05, 0) is 76.7 Å². The van der Waals surface area contributed by atoms with Gasteiger partial charge < -0.3 is 20.1 Å². The average molecular weight is 513 g/mol. The number of hydrogen-bond acceptors (Lipinski definition) is 5. The first-order valence-electron chi connectivity index (χ1n) is 12.5. The predicted molar refractivity (Wildman–Crippen MR) is 147 cm³/mol. The highest BCUT2D eigenvalue weighted by Crippen LogP contribution is 2.25. The van der Waals surface area contributed by atoms with Crippen molar-refractivity contribution in [1.29, 1.82) is 0 Å². The van der Waals surface area contributed by atoms with E-state index in [0.717, 1.165) is 24.0 Å². The smallest absolute Gasteiger partial charge is 0.311 e. The Morgan fingerprint density at radius 2 is 1.06 bits per heavy atom. The topological polar surface area (TPSA) is 76.7 Å². The van der Waals surface area contributed by atoms with Gasteiger partial charge >= 0.3 is 11.9 Å². The molecule has 0 aliphatic carbocycles. The van der Waals surface area contributed by atoms with Crippen molar-refractivity contribution in [2.45, 2.75) is 66.6 Å². The summed E-state index contributed by atoms with van der Waals surface area (Å²) in [6, 6.07) is 19.4. The van der Waals surface area contributed by atoms with E-state index in [-0.39, 0.29) is 25.2 Å². The molecule has 0 radical (unpaired) electrons. The van der Waals surface area contributed by atoms with E-state index in [1.165, 1.54) is 0 Å². The third-order valence-corrected chi connectivity index (χ3v) is 6.35. The number of carbonyl (C=O) groups is 2. The molecule has 0 saturated heterocycles. The van der Waals surface area contributed by atoms with Crippen LogP contribution >= 0.6 is 12.2 Å². The number of esters is 2. The molecule has 0 unspecified atom stereocenters. The predicted octanol–water partition coefficient (Wildman–Crippen LogP) is 5.55. The number of carbonyl (C=O) groups excluding carboxylic acids is 2. The van der Waals surface area contributed by atoms with Gasteiger partial charge in [-0.15, -0.1) is 0 Å². The fourth-order valence-electron chi connectivity index (χ4n) is 3.57. The first-order valence-corrected chi connectivity index (χ1v) is 12.9. The number of rotatable bonds is 14. The molecule has 0 spiro atoms. The average Bonchev–Trinajstić information content (AvgIpc) is 2.87. The largest absolute Gasteiger partial charge is 0.460 e. The van der Waals surface area contributed by atoms with E-state index in [1.807, 2.05) is 88.4 Å². The first kappa shape index (κ1) is 29.3. The molecular formula is C29H40N2O4S. The van der Waals surface area contributed by atoms with Crippen molar-refractivity contribution in [2.75, 3.05) is 13.1 Å². The molecule has 0 heterocycles. The molecule has 0 amide bonds. The summed E-state index contributed by atoms with van der Waals surface area (Å²) in [5, 5.41) is 6.95. The standard InChI is InChI=1S/C29H40N2O4S/c1-28(2,25(32)34-21-23-13-7-5-8-14-23)17-11-19-30-27(36)31-20-12-18-29(3,4)26(33)35-22-24-15-9-6-10-16-24/h5-10,13-16H,11-12,17-22H2,1-4H3,(H2,30,31,36). The third kappa shape index (κ3) is 10.8. The van der Waals surface area contributed by atoms with Crippen molar-refractivity contribution in [3.63, 3.8) is 0 Å². The van der Waals surface area contributed by atoms with E-state index in [9.17, 15) is 9.59 Å². The Bertz CT molecular complexity index is 884. The summed E-state index contributed by atoms with van der Waals surface area (Å²) in [5.41, 5.74) is 0.831. The van der Waals surface area contributed by atoms with Crippen LogP contribution in [0.4, 0.5) is 0 Å². The molecule has 0 saturated carbocycles. The molecule has 2 aromatic carbocycles. The maximum atomic E-state index is 12.5. The lowest BCUT2D eigenvalue weighted by molar-refractivity contribution is -0.156. The summed E-state index contributed by atoms with van der Waals surface area (Å²) in [5.74, 6) is -0.395. The third-order valence-electron chi connectivity index (χ3n) is 6.06. The molecule has 2 rings (SSSR count). The quantitative estimate of drug-likeness (QED) is 0.195. The number of thiocarbonyl (C=S) groups is 1. The van der Waals surface area contributed by atoms with Crippen molar-refractivity contribution >= 4 is 29.3 Å². The molecule has 0 aromatic heterocycles. The van der Waals surface area contributed by atoms with Crippen molar-refractivity contribution in [1.82, 2.24) is 10.6 Å². The molecule has 196 valence electrons. The van der Waals surface area contributed by atoms with Gasteiger partial charge in [0, 0.05) is 13.1 Å². The minimum absolute atomic E-state index is 0.197. The molecule has 0 aliphatic heterocycles. The highest BCUT2D eigenvalue weighted by molar-refractivity contribution is 7.80. The normalized spacial score (nSPS) is 11.4. The van der Waals surface area contributed by atoms with Crippen LogP contribution in [0.25, 0.3) is 0 Å². The van der Waals surface area contributed by atoms with E-state index >= 15 is 0 Å². The fraction of sp³-hybridized carbons (Fsp3) is 0.483. The number of benzene rings is 2. The molecule has 2 N–H and O–H groups in total. The molecule has 0 bridgehead atoms. The van der Waals surface area contributed by atoms with Gasteiger partial charge in [-0.2, -0.15) is 0 Å². The highest BCUT2D eigenvalue weighted by atomic mass is 32.1. The highest BCUT2D eigenvalue weighted by Gasteiger charge is 2.29. The number of hydrogen-bond donors (Lipinski definition) is 2. The van der Waals surface area contributed by atoms with Crippen molar-refractivity contribution in [2.24, 2.45) is 10.8 Å². The van der Waals surface area contributed by atoms with Crippen molar-refractivity contribution in [3.05, 3.63) is 71.8 Å². The van der Waals surface area contributed by atoms with Gasteiger partial charge in [-0.3, -0.25) is 9.59 Å². The van der Waals surface area contributed by atoms with Crippen LogP contribution in [0.3, 0.4) is 0 Å². The Kier molecular flexibility index (Phi) is 11.9. The molecule has 0 atom stereocenters. The Morgan fingerprint density at radius 1 is 0.694 bits per heavy atom. The lowest BCUT2D eigenvalue weighted by Gasteiger charge is -2.23. The van der Waals surface area contributed by atoms with E-state index in [1.54, 1.807) is 0 Å². The van der Waals surface area contributed by atoms with Crippen LogP contribution in [0.5, 0.6) is 0 Å². The van der Waals surface area contributed by atoms with E-state index in [4.69, 9.17) is 21.7 Å². The van der Waals surface area contributed by atoms with Crippen LogP contribution in [-0.4, -0.2) is 30.1 Å². The van der Waals surface area contributed by atoms with Gasteiger partial charge in [-0.25, -0.2) is 0 Å². The second kappa shape index (κ2) is 14.6. The molecule has 36 heavy (non-hydrogen) atoms. The molecule has 0 aliphatic rings. The second-order valence-corrected chi connectivity index (χ2v) is 10.7. The lowest BCUT2D eigenvalue weighted by Crippen LogP contribution is -2.37. The first-order chi connectivity index (χ1) is 17.1. The van der Waals surface area contributed by atoms with Crippen LogP contribution in [0.1, 0.15) is 64.5 Å². The summed E-state index contributed by atoms with van der Waals surface area (Å²) in [4.78, 5) is 24.9. The Labute approximate surface area is 221 Å². The van der Waals surface area contributed by atoms with Gasteiger partial charge in [-0.1, -0.05) is 60.7 Å². The Balaban J connectivity index is 1.56. The zero-order valence-corrected chi connectivity index (χ0v) is 22.8. The number of nitrogens with one attached hydrogen (secondary N) is 2. The maximum Gasteiger partial charge on any atom is 0.311 e. The molecular weight excluding hydrogens is 472 g/mol. The minimum Gasteiger partial charge on any atom is -0.460 e. The van der Waals surface area contributed by atoms with Gasteiger partial charge in [0.1, 0.15) is 13.2 Å². The van der Waals surface area contributed by atoms with Crippen LogP contribution in [-0.2, 0) is 32.3 Å². The fourth-order valence-corrected chi connectivity index (χ4v) is 3.77. The van der Waals surface area contributed by atoms with Gasteiger partial charge in [0.25, 0.3) is 0 Å². The van der Waals surface area contributed by atoms with Crippen LogP contribution < -0.4 is 10.6 Å². The van der Waals surface area contributed by atoms with E-state index in [2.05, 4.69) is 10.6 Å². The Hall–Kier alpha value is -2.93.